The molecule has 0 heterocycles. The van der Waals surface area contributed by atoms with Crippen molar-refractivity contribution in [2.45, 2.75) is 0 Å². The van der Waals surface area contributed by atoms with Crippen molar-refractivity contribution in [3.8, 4) is 55.6 Å². The number of anilines is 3. The topological polar surface area (TPSA) is 3.24 Å². The van der Waals surface area contributed by atoms with Crippen LogP contribution in [0.1, 0.15) is 0 Å². The first-order chi connectivity index (χ1) is 34.2. The average molecular weight is 876 g/mol. The molecular weight excluding hydrogens is 831 g/mol. The van der Waals surface area contributed by atoms with Gasteiger partial charge in [0.15, 0.2) is 0 Å². The zero-order chi connectivity index (χ0) is 45.7. The third-order valence-corrected chi connectivity index (χ3v) is 14.0. The van der Waals surface area contributed by atoms with Gasteiger partial charge < -0.3 is 4.90 Å². The lowest BCUT2D eigenvalue weighted by Gasteiger charge is -2.28. The zero-order valence-electron chi connectivity index (χ0n) is 37.9. The van der Waals surface area contributed by atoms with Crippen molar-refractivity contribution in [3.05, 3.63) is 273 Å². The monoisotopic (exact) mass is 875 g/mol. The minimum Gasteiger partial charge on any atom is -0.310 e. The lowest BCUT2D eigenvalue weighted by Crippen LogP contribution is -2.10. The van der Waals surface area contributed by atoms with E-state index in [4.69, 9.17) is 0 Å². The second kappa shape index (κ2) is 17.0. The molecule has 1 heteroatoms. The van der Waals surface area contributed by atoms with Gasteiger partial charge in [-0.15, -0.1) is 0 Å². The van der Waals surface area contributed by atoms with Gasteiger partial charge in [0.25, 0.3) is 0 Å². The smallest absolute Gasteiger partial charge is 0.0546 e. The first-order valence-corrected chi connectivity index (χ1v) is 23.8. The number of rotatable bonds is 8. The number of fused-ring (bicyclic) bond motifs is 7. The van der Waals surface area contributed by atoms with E-state index in [9.17, 15) is 0 Å². The molecule has 0 aliphatic rings. The summed E-state index contributed by atoms with van der Waals surface area (Å²) in [4.78, 5) is 2.43. The standard InChI is InChI=1S/C68H45N/c1-3-16-51(17-4-1)67-64-26-14-12-24-61(64)62-42-37-55(44-65(62)68(67)52-18-5-2-6-19-52)50-35-40-58(41-36-50)69(66-45-56-21-9-10-22-59(56)60-23-11-13-25-63(60)66)57-38-33-48(34-39-57)47-27-29-49(30-28-47)54-32-31-46-15-7-8-20-53(46)43-54/h1-45H. The van der Waals surface area contributed by atoms with Crippen molar-refractivity contribution in [1.29, 1.82) is 0 Å². The van der Waals surface area contributed by atoms with E-state index in [1.54, 1.807) is 0 Å². The van der Waals surface area contributed by atoms with Crippen LogP contribution in [0.15, 0.2) is 273 Å². The summed E-state index contributed by atoms with van der Waals surface area (Å²) in [6.07, 6.45) is 0. The van der Waals surface area contributed by atoms with Crippen LogP contribution in [-0.4, -0.2) is 0 Å². The van der Waals surface area contributed by atoms with Crippen LogP contribution in [0.5, 0.6) is 0 Å². The second-order valence-electron chi connectivity index (χ2n) is 18.0. The molecule has 0 saturated carbocycles. The molecule has 0 N–H and O–H groups in total. The van der Waals surface area contributed by atoms with Crippen LogP contribution < -0.4 is 4.90 Å². The van der Waals surface area contributed by atoms with Crippen LogP contribution in [0.3, 0.4) is 0 Å². The Morgan fingerprint density at radius 3 is 1.19 bits per heavy atom. The first-order valence-electron chi connectivity index (χ1n) is 23.8. The maximum absolute atomic E-state index is 2.43. The highest BCUT2D eigenvalue weighted by molar-refractivity contribution is 6.22. The third-order valence-electron chi connectivity index (χ3n) is 14.0. The predicted molar refractivity (Wildman–Crippen MR) is 296 cm³/mol. The molecular formula is C68H45N. The van der Waals surface area contributed by atoms with E-state index < -0.39 is 0 Å². The highest BCUT2D eigenvalue weighted by atomic mass is 15.1. The molecule has 13 aromatic rings. The maximum Gasteiger partial charge on any atom is 0.0546 e. The van der Waals surface area contributed by atoms with Crippen molar-refractivity contribution < 1.29 is 0 Å². The number of hydrogen-bond donors (Lipinski definition) is 0. The highest BCUT2D eigenvalue weighted by Crippen LogP contribution is 2.47. The molecule has 0 fully saturated rings. The molecule has 322 valence electrons. The fourth-order valence-corrected chi connectivity index (χ4v) is 10.7. The van der Waals surface area contributed by atoms with Crippen molar-refractivity contribution in [2.24, 2.45) is 0 Å². The average Bonchev–Trinajstić information content (AvgIpc) is 3.43. The molecule has 0 saturated heterocycles. The summed E-state index contributed by atoms with van der Waals surface area (Å²) in [5.41, 5.74) is 15.4. The van der Waals surface area contributed by atoms with Gasteiger partial charge in [-0.2, -0.15) is 0 Å². The Bertz CT molecular complexity index is 4020. The Balaban J connectivity index is 0.921. The van der Waals surface area contributed by atoms with E-state index >= 15 is 0 Å². The fraction of sp³-hybridized carbons (Fsp3) is 0. The van der Waals surface area contributed by atoms with Gasteiger partial charge in [0.2, 0.25) is 0 Å². The minimum atomic E-state index is 1.09. The Morgan fingerprint density at radius 2 is 0.580 bits per heavy atom. The summed E-state index contributed by atoms with van der Waals surface area (Å²) >= 11 is 0. The third kappa shape index (κ3) is 7.20. The molecule has 1 nitrogen and oxygen atoms in total. The predicted octanol–water partition coefficient (Wildman–Crippen LogP) is 19.3. The van der Waals surface area contributed by atoms with Crippen LogP contribution in [0.4, 0.5) is 17.1 Å². The van der Waals surface area contributed by atoms with E-state index in [1.165, 1.54) is 109 Å². The van der Waals surface area contributed by atoms with Crippen molar-refractivity contribution in [3.63, 3.8) is 0 Å². The summed E-state index contributed by atoms with van der Waals surface area (Å²) in [5.74, 6) is 0. The Morgan fingerprint density at radius 1 is 0.188 bits per heavy atom. The summed E-state index contributed by atoms with van der Waals surface area (Å²) in [7, 11) is 0. The summed E-state index contributed by atoms with van der Waals surface area (Å²) < 4.78 is 0. The molecule has 0 spiro atoms. The first kappa shape index (κ1) is 40.3. The number of nitrogens with zero attached hydrogens (tertiary/aromatic N) is 1. The van der Waals surface area contributed by atoms with Gasteiger partial charge in [0, 0.05) is 16.8 Å². The molecule has 0 unspecified atom stereocenters. The Kier molecular flexibility index (Phi) is 9.91. The van der Waals surface area contributed by atoms with E-state index in [-0.39, 0.29) is 0 Å². The number of hydrogen-bond acceptors (Lipinski definition) is 1. The summed E-state index contributed by atoms with van der Waals surface area (Å²) in [5, 5.41) is 12.4. The molecule has 0 amide bonds. The molecule has 0 radical (unpaired) electrons. The van der Waals surface area contributed by atoms with Gasteiger partial charge in [-0.25, -0.2) is 0 Å². The fourth-order valence-electron chi connectivity index (χ4n) is 10.7. The van der Waals surface area contributed by atoms with E-state index in [0.29, 0.717) is 0 Å². The zero-order valence-corrected chi connectivity index (χ0v) is 37.9. The van der Waals surface area contributed by atoms with Gasteiger partial charge in [0.1, 0.15) is 0 Å². The van der Waals surface area contributed by atoms with E-state index in [0.717, 1.165) is 17.1 Å². The van der Waals surface area contributed by atoms with E-state index in [2.05, 4.69) is 278 Å². The maximum atomic E-state index is 2.43. The SMILES string of the molecule is c1ccc(-c2c(-c3ccccc3)c3cc(-c4ccc(N(c5ccc(-c6ccc(-c7ccc8ccccc8c7)cc6)cc5)c5cc6ccccc6c6ccccc56)cc4)ccc3c3ccccc23)cc1. The minimum absolute atomic E-state index is 1.09. The molecule has 13 aromatic carbocycles. The quantitative estimate of drug-likeness (QED) is 0.138. The Hall–Kier alpha value is -9.04. The van der Waals surface area contributed by atoms with Crippen molar-refractivity contribution >= 4 is 70.9 Å². The van der Waals surface area contributed by atoms with Crippen LogP contribution in [-0.2, 0) is 0 Å². The van der Waals surface area contributed by atoms with Gasteiger partial charge >= 0.3 is 0 Å². The van der Waals surface area contributed by atoms with Crippen LogP contribution in [0.25, 0.3) is 109 Å². The largest absolute Gasteiger partial charge is 0.310 e. The lowest BCUT2D eigenvalue weighted by atomic mass is 9.84. The number of benzene rings is 13. The summed E-state index contributed by atoms with van der Waals surface area (Å²) in [6.45, 7) is 0. The molecule has 0 aromatic heterocycles. The van der Waals surface area contributed by atoms with E-state index in [1.807, 2.05) is 0 Å². The molecule has 0 aliphatic carbocycles. The van der Waals surface area contributed by atoms with Gasteiger partial charge in [-0.1, -0.05) is 231 Å². The molecule has 13 rings (SSSR count). The summed E-state index contributed by atoms with van der Waals surface area (Å²) in [6, 6.07) is 100. The molecule has 0 aliphatic heterocycles. The van der Waals surface area contributed by atoms with Crippen molar-refractivity contribution in [1.82, 2.24) is 0 Å². The van der Waals surface area contributed by atoms with Gasteiger partial charge in [-0.05, 0) is 147 Å². The second-order valence-corrected chi connectivity index (χ2v) is 18.0. The van der Waals surface area contributed by atoms with Crippen LogP contribution in [0.2, 0.25) is 0 Å². The normalized spacial score (nSPS) is 11.5. The molecule has 0 atom stereocenters. The van der Waals surface area contributed by atoms with Crippen LogP contribution >= 0.6 is 0 Å². The molecule has 69 heavy (non-hydrogen) atoms. The van der Waals surface area contributed by atoms with Crippen molar-refractivity contribution in [2.75, 3.05) is 4.90 Å². The Labute approximate surface area is 402 Å². The highest BCUT2D eigenvalue weighted by Gasteiger charge is 2.20. The van der Waals surface area contributed by atoms with Gasteiger partial charge in [-0.3, -0.25) is 0 Å². The van der Waals surface area contributed by atoms with Gasteiger partial charge in [0.05, 0.1) is 5.69 Å². The van der Waals surface area contributed by atoms with Crippen LogP contribution in [0, 0.1) is 0 Å². The lowest BCUT2D eigenvalue weighted by molar-refractivity contribution is 1.30. The molecule has 0 bridgehead atoms.